The minimum Gasteiger partial charge on any atom is -0.493 e. The van der Waals surface area contributed by atoms with Crippen LogP contribution in [0, 0.1) is 0 Å². The van der Waals surface area contributed by atoms with Gasteiger partial charge in [-0.1, -0.05) is 33.8 Å². The molecule has 0 saturated heterocycles. The average molecular weight is 473 g/mol. The van der Waals surface area contributed by atoms with Gasteiger partial charge in [-0.05, 0) is 50.3 Å². The predicted molar refractivity (Wildman–Crippen MR) is 135 cm³/mol. The van der Waals surface area contributed by atoms with Crippen molar-refractivity contribution in [3.8, 4) is 28.7 Å². The van der Waals surface area contributed by atoms with E-state index in [-0.39, 0.29) is 5.78 Å². The van der Waals surface area contributed by atoms with Crippen LogP contribution in [-0.2, 0) is 6.42 Å². The summed E-state index contributed by atoms with van der Waals surface area (Å²) in [5.74, 6) is 3.14. The van der Waals surface area contributed by atoms with Gasteiger partial charge in [-0.25, -0.2) is 0 Å². The zero-order chi connectivity index (χ0) is 24.8. The number of hydrogen-bond acceptors (Lipinski definition) is 6. The molecule has 0 N–H and O–H groups in total. The van der Waals surface area contributed by atoms with Gasteiger partial charge in [0.05, 0.1) is 39.1 Å². The van der Waals surface area contributed by atoms with Crippen molar-refractivity contribution in [2.75, 3.05) is 33.5 Å². The largest absolute Gasteiger partial charge is 0.493 e. The van der Waals surface area contributed by atoms with Crippen LogP contribution in [0.15, 0.2) is 30.3 Å². The van der Waals surface area contributed by atoms with Crippen molar-refractivity contribution in [3.63, 3.8) is 0 Å². The monoisotopic (exact) mass is 472 g/mol. The lowest BCUT2D eigenvalue weighted by Crippen LogP contribution is -2.09. The molecular weight excluding hydrogens is 432 g/mol. The van der Waals surface area contributed by atoms with Gasteiger partial charge in [-0.15, -0.1) is 0 Å². The molecule has 2 aromatic carbocycles. The fraction of sp³-hybridized carbons (Fsp3) is 0.536. The van der Waals surface area contributed by atoms with Crippen molar-refractivity contribution in [1.29, 1.82) is 0 Å². The summed E-state index contributed by atoms with van der Waals surface area (Å²) in [5, 5.41) is 0. The molecule has 188 valence electrons. The van der Waals surface area contributed by atoms with E-state index in [0.29, 0.717) is 73.6 Å². The Labute approximate surface area is 204 Å². The van der Waals surface area contributed by atoms with Crippen molar-refractivity contribution in [3.05, 3.63) is 41.5 Å². The van der Waals surface area contributed by atoms with E-state index >= 15 is 0 Å². The Hall–Kier alpha value is -2.89. The summed E-state index contributed by atoms with van der Waals surface area (Å²) in [6.45, 7) is 10.5. The normalized spacial score (nSPS) is 10.6. The van der Waals surface area contributed by atoms with E-state index in [2.05, 4.69) is 13.8 Å². The van der Waals surface area contributed by atoms with Crippen LogP contribution >= 0.6 is 0 Å². The third-order valence-electron chi connectivity index (χ3n) is 5.06. The van der Waals surface area contributed by atoms with Crippen LogP contribution in [0.2, 0.25) is 0 Å². The highest BCUT2D eigenvalue weighted by Crippen LogP contribution is 2.38. The Morgan fingerprint density at radius 3 is 2.00 bits per heavy atom. The number of carbonyl (C=O) groups is 1. The SMILES string of the molecule is CCCOc1cc(CCC(=O)c2cccc(OCCC)c2OCCC)c(OCCC)c(OC)c1. The van der Waals surface area contributed by atoms with E-state index in [1.54, 1.807) is 7.11 Å². The minimum absolute atomic E-state index is 0.00617. The van der Waals surface area contributed by atoms with Gasteiger partial charge in [-0.3, -0.25) is 4.79 Å². The second-order valence-corrected chi connectivity index (χ2v) is 8.06. The summed E-state index contributed by atoms with van der Waals surface area (Å²) < 4.78 is 29.3. The number of benzene rings is 2. The molecule has 0 spiro atoms. The minimum atomic E-state index is -0.00617. The molecule has 6 heteroatoms. The lowest BCUT2D eigenvalue weighted by atomic mass is 10.0. The van der Waals surface area contributed by atoms with Crippen LogP contribution in [0.4, 0.5) is 0 Å². The number of aryl methyl sites for hydroxylation is 1. The molecule has 6 nitrogen and oxygen atoms in total. The maximum atomic E-state index is 13.3. The molecule has 0 aliphatic heterocycles. The Morgan fingerprint density at radius 2 is 1.35 bits per heavy atom. The van der Waals surface area contributed by atoms with E-state index in [1.165, 1.54) is 0 Å². The molecule has 2 rings (SSSR count). The van der Waals surface area contributed by atoms with Crippen molar-refractivity contribution in [2.24, 2.45) is 0 Å². The Kier molecular flexibility index (Phi) is 12.1. The molecule has 0 amide bonds. The highest BCUT2D eigenvalue weighted by molar-refractivity contribution is 5.99. The zero-order valence-corrected chi connectivity index (χ0v) is 21.4. The molecule has 0 aliphatic carbocycles. The number of ether oxygens (including phenoxy) is 5. The van der Waals surface area contributed by atoms with Crippen LogP contribution < -0.4 is 23.7 Å². The molecule has 34 heavy (non-hydrogen) atoms. The number of carbonyl (C=O) groups excluding carboxylic acids is 1. The van der Waals surface area contributed by atoms with E-state index in [4.69, 9.17) is 23.7 Å². The lowest BCUT2D eigenvalue weighted by Gasteiger charge is -2.18. The zero-order valence-electron chi connectivity index (χ0n) is 21.4. The molecule has 0 saturated carbocycles. The van der Waals surface area contributed by atoms with Crippen molar-refractivity contribution >= 4 is 5.78 Å². The Balaban J connectivity index is 2.31. The Bertz CT molecular complexity index is 893. The van der Waals surface area contributed by atoms with Gasteiger partial charge in [0.1, 0.15) is 5.75 Å². The van der Waals surface area contributed by atoms with Crippen LogP contribution in [0.25, 0.3) is 0 Å². The van der Waals surface area contributed by atoms with Gasteiger partial charge in [0.15, 0.2) is 28.8 Å². The summed E-state index contributed by atoms with van der Waals surface area (Å²) in [6.07, 6.45) is 4.29. The average Bonchev–Trinajstić information content (AvgIpc) is 2.86. The molecule has 0 unspecified atom stereocenters. The molecule has 2 aromatic rings. The maximum absolute atomic E-state index is 13.3. The molecule has 0 bridgehead atoms. The van der Waals surface area contributed by atoms with Crippen LogP contribution in [0.1, 0.15) is 75.7 Å². The van der Waals surface area contributed by atoms with Crippen molar-refractivity contribution < 1.29 is 28.5 Å². The summed E-state index contributed by atoms with van der Waals surface area (Å²) in [4.78, 5) is 13.3. The fourth-order valence-electron chi connectivity index (χ4n) is 3.44. The van der Waals surface area contributed by atoms with Crippen LogP contribution in [0.3, 0.4) is 0 Å². The highest BCUT2D eigenvalue weighted by atomic mass is 16.5. The van der Waals surface area contributed by atoms with Gasteiger partial charge < -0.3 is 23.7 Å². The predicted octanol–water partition coefficient (Wildman–Crippen LogP) is 6.67. The number of methoxy groups -OCH3 is 1. The molecule has 0 heterocycles. The number of Topliss-reactive ketones (excluding diaryl/α,β-unsaturated/α-hetero) is 1. The van der Waals surface area contributed by atoms with E-state index in [0.717, 1.165) is 31.2 Å². The van der Waals surface area contributed by atoms with E-state index in [1.807, 2.05) is 44.2 Å². The number of rotatable bonds is 17. The molecule has 0 aromatic heterocycles. The number of ketones is 1. The van der Waals surface area contributed by atoms with E-state index in [9.17, 15) is 4.79 Å². The maximum Gasteiger partial charge on any atom is 0.171 e. The van der Waals surface area contributed by atoms with Crippen LogP contribution in [0.5, 0.6) is 28.7 Å². The molecular formula is C28H40O6. The van der Waals surface area contributed by atoms with Crippen molar-refractivity contribution in [1.82, 2.24) is 0 Å². The van der Waals surface area contributed by atoms with Crippen LogP contribution in [-0.4, -0.2) is 39.3 Å². The Morgan fingerprint density at radius 1 is 0.735 bits per heavy atom. The fourth-order valence-corrected chi connectivity index (χ4v) is 3.44. The molecule has 0 atom stereocenters. The number of para-hydroxylation sites is 1. The highest BCUT2D eigenvalue weighted by Gasteiger charge is 2.20. The summed E-state index contributed by atoms with van der Waals surface area (Å²) >= 11 is 0. The smallest absolute Gasteiger partial charge is 0.171 e. The second kappa shape index (κ2) is 15.1. The van der Waals surface area contributed by atoms with Gasteiger partial charge >= 0.3 is 0 Å². The van der Waals surface area contributed by atoms with Gasteiger partial charge in [-0.2, -0.15) is 0 Å². The van der Waals surface area contributed by atoms with E-state index < -0.39 is 0 Å². The molecule has 0 fully saturated rings. The third-order valence-corrected chi connectivity index (χ3v) is 5.06. The van der Waals surface area contributed by atoms with Crippen molar-refractivity contribution in [2.45, 2.75) is 66.2 Å². The summed E-state index contributed by atoms with van der Waals surface area (Å²) in [7, 11) is 1.62. The topological polar surface area (TPSA) is 63.2 Å². The van der Waals surface area contributed by atoms with Gasteiger partial charge in [0.2, 0.25) is 0 Å². The summed E-state index contributed by atoms with van der Waals surface area (Å²) in [6, 6.07) is 9.30. The first-order valence-corrected chi connectivity index (χ1v) is 12.5. The second-order valence-electron chi connectivity index (χ2n) is 8.06. The standard InChI is InChI=1S/C28H40O6/c1-6-15-31-22-19-21(27(33-17-8-3)26(20-22)30-5)13-14-24(29)23-11-10-12-25(32-16-7-2)28(23)34-18-9-4/h10-12,19-20H,6-9,13-18H2,1-5H3. The molecule has 0 aliphatic rings. The number of hydrogen-bond donors (Lipinski definition) is 0. The van der Waals surface area contributed by atoms with Gasteiger partial charge in [0.25, 0.3) is 0 Å². The molecule has 0 radical (unpaired) electrons. The quantitative estimate of drug-likeness (QED) is 0.240. The lowest BCUT2D eigenvalue weighted by molar-refractivity contribution is 0.0977. The summed E-state index contributed by atoms with van der Waals surface area (Å²) in [5.41, 5.74) is 1.44. The van der Waals surface area contributed by atoms with Gasteiger partial charge in [0, 0.05) is 18.1 Å². The first-order valence-electron chi connectivity index (χ1n) is 12.5. The third kappa shape index (κ3) is 7.86. The first kappa shape index (κ1) is 27.4. The first-order chi connectivity index (χ1) is 16.6.